The summed E-state index contributed by atoms with van der Waals surface area (Å²) in [6.45, 7) is 2.07. The van der Waals surface area contributed by atoms with Gasteiger partial charge in [-0.05, 0) is 43.9 Å². The van der Waals surface area contributed by atoms with E-state index in [-0.39, 0.29) is 0 Å². The molecule has 0 aromatic heterocycles. The van der Waals surface area contributed by atoms with E-state index in [1.54, 1.807) is 6.07 Å². The Morgan fingerprint density at radius 2 is 2.07 bits per heavy atom. The van der Waals surface area contributed by atoms with Crippen LogP contribution >= 0.6 is 0 Å². The van der Waals surface area contributed by atoms with E-state index in [1.807, 2.05) is 0 Å². The van der Waals surface area contributed by atoms with Gasteiger partial charge in [-0.25, -0.2) is 8.78 Å². The summed E-state index contributed by atoms with van der Waals surface area (Å²) >= 11 is 0. The van der Waals surface area contributed by atoms with Crippen molar-refractivity contribution in [1.29, 1.82) is 0 Å². The van der Waals surface area contributed by atoms with Crippen molar-refractivity contribution in [3.05, 3.63) is 35.4 Å². The second kappa shape index (κ2) is 4.27. The first-order valence-corrected chi connectivity index (χ1v) is 5.35. The Morgan fingerprint density at radius 1 is 1.33 bits per heavy atom. The van der Waals surface area contributed by atoms with Crippen LogP contribution in [-0.4, -0.2) is 12.1 Å². The molecule has 1 aromatic carbocycles. The van der Waals surface area contributed by atoms with E-state index in [9.17, 15) is 8.78 Å². The van der Waals surface area contributed by atoms with Gasteiger partial charge in [0.15, 0.2) is 11.6 Å². The SMILES string of the molecule is CC(Cc1ccc(F)c(F)c1)NC1CC1. The lowest BCUT2D eigenvalue weighted by Gasteiger charge is -2.13. The van der Waals surface area contributed by atoms with Crippen molar-refractivity contribution in [2.45, 2.75) is 38.3 Å². The minimum atomic E-state index is -0.776. The fourth-order valence-corrected chi connectivity index (χ4v) is 1.73. The van der Waals surface area contributed by atoms with Gasteiger partial charge in [0.05, 0.1) is 0 Å². The number of hydrogen-bond donors (Lipinski definition) is 1. The Bertz CT molecular complexity index is 347. The van der Waals surface area contributed by atoms with Crippen LogP contribution in [0.5, 0.6) is 0 Å². The monoisotopic (exact) mass is 211 g/mol. The van der Waals surface area contributed by atoms with Gasteiger partial charge in [-0.1, -0.05) is 6.07 Å². The van der Waals surface area contributed by atoms with Crippen molar-refractivity contribution in [3.63, 3.8) is 0 Å². The van der Waals surface area contributed by atoms with Gasteiger partial charge in [0.1, 0.15) is 0 Å². The highest BCUT2D eigenvalue weighted by molar-refractivity contribution is 5.18. The van der Waals surface area contributed by atoms with Crippen molar-refractivity contribution < 1.29 is 8.78 Å². The molecule has 0 heterocycles. The van der Waals surface area contributed by atoms with E-state index in [4.69, 9.17) is 0 Å². The van der Waals surface area contributed by atoms with Crippen molar-refractivity contribution in [2.24, 2.45) is 0 Å². The minimum absolute atomic E-state index is 0.322. The third-order valence-electron chi connectivity index (χ3n) is 2.62. The zero-order valence-electron chi connectivity index (χ0n) is 8.76. The summed E-state index contributed by atoms with van der Waals surface area (Å²) in [4.78, 5) is 0. The van der Waals surface area contributed by atoms with Crippen molar-refractivity contribution in [3.8, 4) is 0 Å². The largest absolute Gasteiger partial charge is 0.311 e. The summed E-state index contributed by atoms with van der Waals surface area (Å²) in [6, 6.07) is 5.07. The zero-order chi connectivity index (χ0) is 10.8. The molecule has 3 heteroatoms. The minimum Gasteiger partial charge on any atom is -0.311 e. The van der Waals surface area contributed by atoms with E-state index in [0.717, 1.165) is 12.0 Å². The first-order valence-electron chi connectivity index (χ1n) is 5.35. The molecule has 1 atom stereocenters. The van der Waals surface area contributed by atoms with Crippen LogP contribution in [0.1, 0.15) is 25.3 Å². The highest BCUT2D eigenvalue weighted by Gasteiger charge is 2.22. The molecule has 1 unspecified atom stereocenters. The Kier molecular flexibility index (Phi) is 3.00. The van der Waals surface area contributed by atoms with Crippen LogP contribution in [0.15, 0.2) is 18.2 Å². The van der Waals surface area contributed by atoms with Gasteiger partial charge in [0.2, 0.25) is 0 Å². The zero-order valence-corrected chi connectivity index (χ0v) is 8.76. The van der Waals surface area contributed by atoms with Gasteiger partial charge in [0, 0.05) is 12.1 Å². The number of benzene rings is 1. The van der Waals surface area contributed by atoms with E-state index >= 15 is 0 Å². The van der Waals surface area contributed by atoms with Gasteiger partial charge >= 0.3 is 0 Å². The molecule has 15 heavy (non-hydrogen) atoms. The van der Waals surface area contributed by atoms with Crippen LogP contribution in [0, 0.1) is 11.6 Å². The Labute approximate surface area is 88.5 Å². The molecule has 1 saturated carbocycles. The Balaban J connectivity index is 1.93. The molecule has 0 aliphatic heterocycles. The Morgan fingerprint density at radius 3 is 2.67 bits per heavy atom. The summed E-state index contributed by atoms with van der Waals surface area (Å²) in [5.41, 5.74) is 0.842. The standard InChI is InChI=1S/C12H15F2N/c1-8(15-10-3-4-10)6-9-2-5-11(13)12(14)7-9/h2,5,7-8,10,15H,3-4,6H2,1H3. The fourth-order valence-electron chi connectivity index (χ4n) is 1.73. The number of nitrogens with one attached hydrogen (secondary N) is 1. The predicted octanol–water partition coefficient (Wildman–Crippen LogP) is 2.65. The average molecular weight is 211 g/mol. The lowest BCUT2D eigenvalue weighted by atomic mass is 10.1. The summed E-state index contributed by atoms with van der Waals surface area (Å²) in [6.07, 6.45) is 3.22. The van der Waals surface area contributed by atoms with Gasteiger partial charge in [0.25, 0.3) is 0 Å². The van der Waals surface area contributed by atoms with E-state index in [0.29, 0.717) is 12.1 Å². The third-order valence-corrected chi connectivity index (χ3v) is 2.62. The van der Waals surface area contributed by atoms with Gasteiger partial charge < -0.3 is 5.32 Å². The fraction of sp³-hybridized carbons (Fsp3) is 0.500. The smallest absolute Gasteiger partial charge is 0.159 e. The van der Waals surface area contributed by atoms with E-state index < -0.39 is 11.6 Å². The molecule has 1 nitrogen and oxygen atoms in total. The second-order valence-corrected chi connectivity index (χ2v) is 4.29. The van der Waals surface area contributed by atoms with E-state index in [2.05, 4.69) is 12.2 Å². The Hall–Kier alpha value is -0.960. The molecule has 1 aliphatic rings. The molecule has 1 fully saturated rings. The molecule has 0 amide bonds. The van der Waals surface area contributed by atoms with E-state index in [1.165, 1.54) is 25.0 Å². The van der Waals surface area contributed by atoms with Crippen molar-refractivity contribution in [1.82, 2.24) is 5.32 Å². The van der Waals surface area contributed by atoms with Gasteiger partial charge in [-0.15, -0.1) is 0 Å². The molecule has 0 saturated heterocycles. The van der Waals surface area contributed by atoms with Crippen LogP contribution in [0.25, 0.3) is 0 Å². The maximum Gasteiger partial charge on any atom is 0.159 e. The molecule has 1 aromatic rings. The van der Waals surface area contributed by atoms with Gasteiger partial charge in [-0.3, -0.25) is 0 Å². The molecule has 82 valence electrons. The molecule has 2 rings (SSSR count). The molecular weight excluding hydrogens is 196 g/mol. The van der Waals surface area contributed by atoms with Crippen LogP contribution < -0.4 is 5.32 Å². The highest BCUT2D eigenvalue weighted by atomic mass is 19.2. The molecule has 0 bridgehead atoms. The summed E-state index contributed by atoms with van der Waals surface area (Å²) in [7, 11) is 0. The predicted molar refractivity (Wildman–Crippen MR) is 55.7 cm³/mol. The molecule has 0 radical (unpaired) electrons. The lowest BCUT2D eigenvalue weighted by molar-refractivity contribution is 0.502. The molecule has 1 N–H and O–H groups in total. The van der Waals surface area contributed by atoms with Crippen LogP contribution in [0.2, 0.25) is 0 Å². The van der Waals surface area contributed by atoms with Crippen LogP contribution in [0.3, 0.4) is 0 Å². The number of halogens is 2. The average Bonchev–Trinajstić information content (AvgIpc) is 2.95. The normalized spacial score (nSPS) is 17.8. The first-order chi connectivity index (χ1) is 7.15. The third kappa shape index (κ3) is 2.99. The maximum absolute atomic E-state index is 12.9. The summed E-state index contributed by atoms with van der Waals surface area (Å²) in [5, 5.41) is 3.42. The molecule has 0 spiro atoms. The van der Waals surface area contributed by atoms with Crippen molar-refractivity contribution in [2.75, 3.05) is 0 Å². The summed E-state index contributed by atoms with van der Waals surface area (Å²) < 4.78 is 25.6. The second-order valence-electron chi connectivity index (χ2n) is 4.29. The number of rotatable bonds is 4. The molecular formula is C12H15F2N. The lowest BCUT2D eigenvalue weighted by Crippen LogP contribution is -2.29. The molecule has 1 aliphatic carbocycles. The quantitative estimate of drug-likeness (QED) is 0.807. The summed E-state index contributed by atoms with van der Waals surface area (Å²) in [5.74, 6) is -1.53. The van der Waals surface area contributed by atoms with Crippen LogP contribution in [-0.2, 0) is 6.42 Å². The number of hydrogen-bond acceptors (Lipinski definition) is 1. The first kappa shape index (κ1) is 10.6. The maximum atomic E-state index is 12.9. The topological polar surface area (TPSA) is 12.0 Å². The van der Waals surface area contributed by atoms with Gasteiger partial charge in [-0.2, -0.15) is 0 Å². The van der Waals surface area contributed by atoms with Crippen LogP contribution in [0.4, 0.5) is 8.78 Å². The van der Waals surface area contributed by atoms with Crippen molar-refractivity contribution >= 4 is 0 Å². The highest BCUT2D eigenvalue weighted by Crippen LogP contribution is 2.20.